The van der Waals surface area contributed by atoms with E-state index in [1.807, 2.05) is 17.7 Å². The van der Waals surface area contributed by atoms with Gasteiger partial charge in [0.25, 0.3) is 0 Å². The molecule has 2 heterocycles. The van der Waals surface area contributed by atoms with E-state index in [4.69, 9.17) is 5.73 Å². The second-order valence-corrected chi connectivity index (χ2v) is 4.80. The van der Waals surface area contributed by atoms with E-state index in [1.54, 1.807) is 17.5 Å². The molecule has 0 fully saturated rings. The molecule has 4 nitrogen and oxygen atoms in total. The van der Waals surface area contributed by atoms with Crippen molar-refractivity contribution in [1.82, 2.24) is 14.8 Å². The quantitative estimate of drug-likeness (QED) is 0.882. The van der Waals surface area contributed by atoms with Gasteiger partial charge in [-0.25, -0.2) is 4.98 Å². The molecule has 1 unspecified atom stereocenters. The molecule has 5 heteroatoms. The van der Waals surface area contributed by atoms with Crippen LogP contribution in [0.15, 0.2) is 17.6 Å². The van der Waals surface area contributed by atoms with Gasteiger partial charge >= 0.3 is 0 Å². The molecule has 0 aromatic carbocycles. The minimum atomic E-state index is -0.0241. The molecule has 2 aromatic rings. The van der Waals surface area contributed by atoms with Gasteiger partial charge in [-0.05, 0) is 19.9 Å². The SMILES string of the molecule is CCn1nccc1C(N)Cc1csc(C)n1. The monoisotopic (exact) mass is 236 g/mol. The molecule has 2 aromatic heterocycles. The summed E-state index contributed by atoms with van der Waals surface area (Å²) in [5, 5.41) is 7.38. The fourth-order valence-electron chi connectivity index (χ4n) is 1.75. The summed E-state index contributed by atoms with van der Waals surface area (Å²) >= 11 is 1.66. The van der Waals surface area contributed by atoms with E-state index < -0.39 is 0 Å². The average molecular weight is 236 g/mol. The molecule has 0 bridgehead atoms. The maximum absolute atomic E-state index is 6.16. The number of hydrogen-bond donors (Lipinski definition) is 1. The van der Waals surface area contributed by atoms with Gasteiger partial charge in [-0.15, -0.1) is 11.3 Å². The van der Waals surface area contributed by atoms with Gasteiger partial charge in [-0.1, -0.05) is 0 Å². The highest BCUT2D eigenvalue weighted by Gasteiger charge is 2.13. The number of aromatic nitrogens is 3. The summed E-state index contributed by atoms with van der Waals surface area (Å²) in [4.78, 5) is 4.42. The van der Waals surface area contributed by atoms with Crippen molar-refractivity contribution in [2.24, 2.45) is 5.73 Å². The molecule has 0 saturated carbocycles. The smallest absolute Gasteiger partial charge is 0.0897 e. The highest BCUT2D eigenvalue weighted by Crippen LogP contribution is 2.17. The predicted molar refractivity (Wildman–Crippen MR) is 65.4 cm³/mol. The molecular formula is C11H16N4S. The topological polar surface area (TPSA) is 56.7 Å². The first-order chi connectivity index (χ1) is 7.70. The number of thiazole rings is 1. The van der Waals surface area contributed by atoms with Crippen LogP contribution in [0.1, 0.15) is 29.4 Å². The summed E-state index contributed by atoms with van der Waals surface area (Å²) in [6.07, 6.45) is 2.57. The Morgan fingerprint density at radius 2 is 2.38 bits per heavy atom. The zero-order valence-corrected chi connectivity index (χ0v) is 10.4. The molecule has 86 valence electrons. The normalized spacial score (nSPS) is 12.9. The van der Waals surface area contributed by atoms with Gasteiger partial charge in [-0.2, -0.15) is 5.10 Å². The summed E-state index contributed by atoms with van der Waals surface area (Å²) in [5.41, 5.74) is 8.31. The number of rotatable bonds is 4. The van der Waals surface area contributed by atoms with Crippen molar-refractivity contribution in [3.63, 3.8) is 0 Å². The lowest BCUT2D eigenvalue weighted by molar-refractivity contribution is 0.566. The van der Waals surface area contributed by atoms with Crippen molar-refractivity contribution >= 4 is 11.3 Å². The van der Waals surface area contributed by atoms with Crippen LogP contribution in [-0.4, -0.2) is 14.8 Å². The molecule has 0 saturated heterocycles. The summed E-state index contributed by atoms with van der Waals surface area (Å²) in [6, 6.07) is 1.96. The average Bonchev–Trinajstić information content (AvgIpc) is 2.86. The third kappa shape index (κ3) is 2.31. The lowest BCUT2D eigenvalue weighted by Gasteiger charge is -2.11. The molecule has 2 rings (SSSR count). The van der Waals surface area contributed by atoms with Gasteiger partial charge < -0.3 is 5.73 Å². The highest BCUT2D eigenvalue weighted by atomic mass is 32.1. The molecule has 2 N–H and O–H groups in total. The van der Waals surface area contributed by atoms with E-state index in [-0.39, 0.29) is 6.04 Å². The van der Waals surface area contributed by atoms with Gasteiger partial charge in [0.05, 0.1) is 22.4 Å². The van der Waals surface area contributed by atoms with Crippen LogP contribution in [0, 0.1) is 6.92 Å². The minimum Gasteiger partial charge on any atom is -0.322 e. The number of aryl methyl sites for hydroxylation is 2. The second-order valence-electron chi connectivity index (χ2n) is 3.74. The largest absolute Gasteiger partial charge is 0.322 e. The highest BCUT2D eigenvalue weighted by molar-refractivity contribution is 7.09. The van der Waals surface area contributed by atoms with Crippen LogP contribution in [0.4, 0.5) is 0 Å². The zero-order valence-electron chi connectivity index (χ0n) is 9.55. The molecule has 0 spiro atoms. The Balaban J connectivity index is 2.11. The molecule has 1 atom stereocenters. The Bertz CT molecular complexity index is 460. The Labute approximate surface area is 99.1 Å². The summed E-state index contributed by atoms with van der Waals surface area (Å²) < 4.78 is 1.93. The minimum absolute atomic E-state index is 0.0241. The number of hydrogen-bond acceptors (Lipinski definition) is 4. The lowest BCUT2D eigenvalue weighted by atomic mass is 10.1. The molecule has 0 radical (unpaired) electrons. The first-order valence-corrected chi connectivity index (χ1v) is 6.27. The fourth-order valence-corrected chi connectivity index (χ4v) is 2.38. The summed E-state index contributed by atoms with van der Waals surface area (Å²) in [5.74, 6) is 0. The molecule has 0 aliphatic carbocycles. The van der Waals surface area contributed by atoms with E-state index in [1.165, 1.54) is 0 Å². The summed E-state index contributed by atoms with van der Waals surface area (Å²) in [6.45, 7) is 4.93. The van der Waals surface area contributed by atoms with Crippen molar-refractivity contribution in [2.75, 3.05) is 0 Å². The van der Waals surface area contributed by atoms with Crippen molar-refractivity contribution in [2.45, 2.75) is 32.9 Å². The lowest BCUT2D eigenvalue weighted by Crippen LogP contribution is -2.18. The van der Waals surface area contributed by atoms with Gasteiger partial charge in [0.15, 0.2) is 0 Å². The Morgan fingerprint density at radius 3 is 3.00 bits per heavy atom. The van der Waals surface area contributed by atoms with Crippen LogP contribution in [0.2, 0.25) is 0 Å². The van der Waals surface area contributed by atoms with Gasteiger partial charge in [-0.3, -0.25) is 4.68 Å². The first kappa shape index (κ1) is 11.3. The second kappa shape index (κ2) is 4.76. The maximum atomic E-state index is 6.16. The third-order valence-electron chi connectivity index (χ3n) is 2.52. The van der Waals surface area contributed by atoms with Crippen molar-refractivity contribution < 1.29 is 0 Å². The van der Waals surface area contributed by atoms with Crippen LogP contribution in [0.25, 0.3) is 0 Å². The predicted octanol–water partition coefficient (Wildman–Crippen LogP) is 1.91. The Kier molecular flexibility index (Phi) is 3.36. The van der Waals surface area contributed by atoms with E-state index in [0.29, 0.717) is 0 Å². The molecule has 0 aliphatic heterocycles. The van der Waals surface area contributed by atoms with Crippen molar-refractivity contribution in [3.8, 4) is 0 Å². The van der Waals surface area contributed by atoms with Crippen molar-refractivity contribution in [3.05, 3.63) is 34.0 Å². The molecular weight excluding hydrogens is 220 g/mol. The third-order valence-corrected chi connectivity index (χ3v) is 3.35. The fraction of sp³-hybridized carbons (Fsp3) is 0.455. The Hall–Kier alpha value is -1.20. The standard InChI is InChI=1S/C11H16N4S/c1-3-15-11(4-5-13-15)10(12)6-9-7-16-8(2)14-9/h4-5,7,10H,3,6,12H2,1-2H3. The van der Waals surface area contributed by atoms with Crippen LogP contribution in [-0.2, 0) is 13.0 Å². The molecule has 0 amide bonds. The van der Waals surface area contributed by atoms with Gasteiger partial charge in [0.1, 0.15) is 0 Å². The Morgan fingerprint density at radius 1 is 1.56 bits per heavy atom. The van der Waals surface area contributed by atoms with Crippen LogP contribution in [0.5, 0.6) is 0 Å². The van der Waals surface area contributed by atoms with E-state index >= 15 is 0 Å². The van der Waals surface area contributed by atoms with Gasteiger partial charge in [0, 0.05) is 24.5 Å². The van der Waals surface area contributed by atoms with Crippen LogP contribution in [0.3, 0.4) is 0 Å². The van der Waals surface area contributed by atoms with Crippen LogP contribution < -0.4 is 5.73 Å². The zero-order chi connectivity index (χ0) is 11.5. The van der Waals surface area contributed by atoms with Gasteiger partial charge in [0.2, 0.25) is 0 Å². The number of nitrogens with zero attached hydrogens (tertiary/aromatic N) is 3. The molecule has 0 aliphatic rings. The molecule has 16 heavy (non-hydrogen) atoms. The maximum Gasteiger partial charge on any atom is 0.0897 e. The van der Waals surface area contributed by atoms with E-state index in [0.717, 1.165) is 29.4 Å². The van der Waals surface area contributed by atoms with E-state index in [9.17, 15) is 0 Å². The van der Waals surface area contributed by atoms with E-state index in [2.05, 4.69) is 22.4 Å². The number of nitrogens with two attached hydrogens (primary N) is 1. The first-order valence-electron chi connectivity index (χ1n) is 5.39. The van der Waals surface area contributed by atoms with Crippen LogP contribution >= 0.6 is 11.3 Å². The van der Waals surface area contributed by atoms with Crippen molar-refractivity contribution in [1.29, 1.82) is 0 Å². The summed E-state index contributed by atoms with van der Waals surface area (Å²) in [7, 11) is 0.